The number of anilines is 1. The molecule has 0 atom stereocenters. The summed E-state index contributed by atoms with van der Waals surface area (Å²) in [5.74, 6) is -0.0649. The Morgan fingerprint density at radius 3 is 2.62 bits per heavy atom. The Kier molecular flexibility index (Phi) is 6.23. The molecule has 3 rings (SSSR count). The van der Waals surface area contributed by atoms with Crippen LogP contribution in [0.3, 0.4) is 0 Å². The summed E-state index contributed by atoms with van der Waals surface area (Å²) in [6.07, 6.45) is 0. The number of hydrogen-bond acceptors (Lipinski definition) is 6. The molecule has 1 aromatic carbocycles. The van der Waals surface area contributed by atoms with Crippen LogP contribution in [0.25, 0.3) is 0 Å². The lowest BCUT2D eigenvalue weighted by atomic mass is 10.2. The third-order valence-corrected chi connectivity index (χ3v) is 4.94. The highest BCUT2D eigenvalue weighted by Crippen LogP contribution is 2.19. The van der Waals surface area contributed by atoms with Gasteiger partial charge in [-0.2, -0.15) is 0 Å². The smallest absolute Gasteiger partial charge is 0.321 e. The molecule has 0 saturated heterocycles. The van der Waals surface area contributed by atoms with E-state index in [0.717, 1.165) is 5.56 Å². The van der Waals surface area contributed by atoms with E-state index in [1.807, 2.05) is 0 Å². The zero-order chi connectivity index (χ0) is 21.0. The minimum atomic E-state index is -0.421. The molecule has 0 saturated carbocycles. The largest absolute Gasteiger partial charge is 0.361 e. The lowest BCUT2D eigenvalue weighted by Crippen LogP contribution is -2.28. The first kappa shape index (κ1) is 20.5. The first-order valence-corrected chi connectivity index (χ1v) is 9.63. The van der Waals surface area contributed by atoms with E-state index in [-0.39, 0.29) is 24.8 Å². The number of amides is 3. The molecule has 0 aliphatic carbocycles. The second-order valence-electron chi connectivity index (χ2n) is 6.44. The van der Waals surface area contributed by atoms with Crippen LogP contribution in [0.15, 0.2) is 34.2 Å². The number of urea groups is 1. The average Bonchev–Trinajstić information content (AvgIpc) is 3.26. The van der Waals surface area contributed by atoms with Gasteiger partial charge in [-0.15, -0.1) is 11.3 Å². The second kappa shape index (κ2) is 8.82. The van der Waals surface area contributed by atoms with Crippen LogP contribution < -0.4 is 10.6 Å². The molecular weight excluding hydrogens is 397 g/mol. The normalized spacial score (nSPS) is 10.6. The molecule has 0 aliphatic rings. The highest BCUT2D eigenvalue weighted by molar-refractivity contribution is 7.13. The Labute approximate surface area is 170 Å². The minimum absolute atomic E-state index is 0.208. The number of carbonyl (C=O) groups excluding carboxylic acids is 2. The monoisotopic (exact) mass is 417 g/mol. The Balaban J connectivity index is 1.52. The van der Waals surface area contributed by atoms with Gasteiger partial charge in [-0.05, 0) is 31.5 Å². The summed E-state index contributed by atoms with van der Waals surface area (Å²) in [7, 11) is 1.66. The molecule has 2 heterocycles. The van der Waals surface area contributed by atoms with Gasteiger partial charge in [-0.25, -0.2) is 14.2 Å². The summed E-state index contributed by atoms with van der Waals surface area (Å²) >= 11 is 1.26. The van der Waals surface area contributed by atoms with Gasteiger partial charge in [-0.1, -0.05) is 17.3 Å². The van der Waals surface area contributed by atoms with Crippen molar-refractivity contribution in [2.75, 3.05) is 12.4 Å². The van der Waals surface area contributed by atoms with Crippen molar-refractivity contribution in [3.05, 3.63) is 63.7 Å². The molecule has 2 N–H and O–H groups in total. The molecule has 8 nitrogen and oxygen atoms in total. The zero-order valence-corrected chi connectivity index (χ0v) is 17.0. The van der Waals surface area contributed by atoms with Crippen LogP contribution in [0, 0.1) is 19.7 Å². The van der Waals surface area contributed by atoms with Crippen molar-refractivity contribution < 1.29 is 18.5 Å². The topological polar surface area (TPSA) is 100 Å². The van der Waals surface area contributed by atoms with Crippen LogP contribution in [0.4, 0.5) is 14.3 Å². The Morgan fingerprint density at radius 1 is 1.24 bits per heavy atom. The molecule has 3 aromatic rings. The number of nitrogens with one attached hydrogen (secondary N) is 2. The molecule has 0 unspecified atom stereocenters. The summed E-state index contributed by atoms with van der Waals surface area (Å²) in [4.78, 5) is 30.4. The van der Waals surface area contributed by atoms with Gasteiger partial charge in [0.1, 0.15) is 17.1 Å². The number of rotatable bonds is 6. The lowest BCUT2D eigenvalue weighted by Gasteiger charge is -2.15. The van der Waals surface area contributed by atoms with Crippen LogP contribution in [0.1, 0.15) is 33.1 Å². The lowest BCUT2D eigenvalue weighted by molar-refractivity contribution is 0.0781. The van der Waals surface area contributed by atoms with E-state index in [1.165, 1.54) is 28.4 Å². The van der Waals surface area contributed by atoms with E-state index in [1.54, 1.807) is 38.4 Å². The molecule has 3 amide bonds. The average molecular weight is 417 g/mol. The maximum absolute atomic E-state index is 12.9. The molecule has 0 bridgehead atoms. The predicted octanol–water partition coefficient (Wildman–Crippen LogP) is 3.48. The van der Waals surface area contributed by atoms with E-state index in [4.69, 9.17) is 4.52 Å². The summed E-state index contributed by atoms with van der Waals surface area (Å²) in [5, 5.41) is 11.3. The SMILES string of the molecule is Cc1noc(C)c1C(=O)N(C)Cc1csc(NC(=O)NCc2ccc(F)cc2)n1. The summed E-state index contributed by atoms with van der Waals surface area (Å²) in [5.41, 5.74) is 2.41. The van der Waals surface area contributed by atoms with Crippen LogP contribution in [0.2, 0.25) is 0 Å². The third kappa shape index (κ3) is 5.17. The maximum Gasteiger partial charge on any atom is 0.321 e. The Morgan fingerprint density at radius 2 is 1.97 bits per heavy atom. The van der Waals surface area contributed by atoms with Crippen LogP contribution in [0.5, 0.6) is 0 Å². The van der Waals surface area contributed by atoms with Crippen molar-refractivity contribution in [2.45, 2.75) is 26.9 Å². The van der Waals surface area contributed by atoms with Crippen molar-refractivity contribution >= 4 is 28.4 Å². The Bertz CT molecular complexity index is 996. The summed E-state index contributed by atoms with van der Waals surface area (Å²) in [6.45, 7) is 3.95. The fourth-order valence-electron chi connectivity index (χ4n) is 2.66. The fraction of sp³-hybridized carbons (Fsp3) is 0.263. The maximum atomic E-state index is 12.9. The van der Waals surface area contributed by atoms with Gasteiger partial charge in [0.05, 0.1) is 17.9 Å². The molecule has 0 fully saturated rings. The second-order valence-corrected chi connectivity index (χ2v) is 7.30. The molecule has 0 aliphatic heterocycles. The fourth-order valence-corrected chi connectivity index (χ4v) is 3.35. The number of hydrogen-bond donors (Lipinski definition) is 2. The molecule has 10 heteroatoms. The van der Waals surface area contributed by atoms with Gasteiger partial charge in [0.25, 0.3) is 5.91 Å². The number of carbonyl (C=O) groups is 2. The first-order valence-electron chi connectivity index (χ1n) is 8.75. The van der Waals surface area contributed by atoms with Gasteiger partial charge in [0.15, 0.2) is 5.13 Å². The third-order valence-electron chi connectivity index (χ3n) is 4.13. The van der Waals surface area contributed by atoms with Gasteiger partial charge in [-0.3, -0.25) is 10.1 Å². The van der Waals surface area contributed by atoms with E-state index in [2.05, 4.69) is 20.8 Å². The molecule has 152 valence electrons. The van der Waals surface area contributed by atoms with Gasteiger partial charge >= 0.3 is 6.03 Å². The number of nitrogens with zero attached hydrogens (tertiary/aromatic N) is 3. The van der Waals surface area contributed by atoms with Gasteiger partial charge in [0.2, 0.25) is 0 Å². The molecular formula is C19H20FN5O3S. The first-order chi connectivity index (χ1) is 13.8. The van der Waals surface area contributed by atoms with Crippen LogP contribution >= 0.6 is 11.3 Å². The number of halogens is 1. The quantitative estimate of drug-likeness (QED) is 0.640. The Hall–Kier alpha value is -3.27. The number of thiazole rings is 1. The number of benzene rings is 1. The van der Waals surface area contributed by atoms with E-state index < -0.39 is 6.03 Å². The standard InChI is InChI=1S/C19H20FN5O3S/c1-11-16(12(2)28-24-11)17(26)25(3)9-15-10-29-19(22-15)23-18(27)21-8-13-4-6-14(20)7-5-13/h4-7,10H,8-9H2,1-3H3,(H2,21,22,23,27). The van der Waals surface area contributed by atoms with E-state index >= 15 is 0 Å². The molecule has 0 radical (unpaired) electrons. The van der Waals surface area contributed by atoms with Crippen molar-refractivity contribution in [2.24, 2.45) is 0 Å². The van der Waals surface area contributed by atoms with Crippen molar-refractivity contribution in [3.63, 3.8) is 0 Å². The molecule has 0 spiro atoms. The molecule has 29 heavy (non-hydrogen) atoms. The molecule has 2 aromatic heterocycles. The predicted molar refractivity (Wildman–Crippen MR) is 106 cm³/mol. The van der Waals surface area contributed by atoms with Crippen LogP contribution in [-0.4, -0.2) is 34.0 Å². The minimum Gasteiger partial charge on any atom is -0.361 e. The van der Waals surface area contributed by atoms with Crippen molar-refractivity contribution in [3.8, 4) is 0 Å². The van der Waals surface area contributed by atoms with Crippen LogP contribution in [-0.2, 0) is 13.1 Å². The number of aromatic nitrogens is 2. The van der Waals surface area contributed by atoms with Crippen molar-refractivity contribution in [1.82, 2.24) is 20.4 Å². The zero-order valence-electron chi connectivity index (χ0n) is 16.2. The van der Waals surface area contributed by atoms with Gasteiger partial charge in [0, 0.05) is 19.0 Å². The van der Waals surface area contributed by atoms with E-state index in [9.17, 15) is 14.0 Å². The van der Waals surface area contributed by atoms with Gasteiger partial charge < -0.3 is 14.7 Å². The summed E-state index contributed by atoms with van der Waals surface area (Å²) < 4.78 is 17.9. The van der Waals surface area contributed by atoms with E-state index in [0.29, 0.717) is 27.8 Å². The summed E-state index contributed by atoms with van der Waals surface area (Å²) in [6, 6.07) is 5.45. The number of aryl methyl sites for hydroxylation is 2. The highest BCUT2D eigenvalue weighted by Gasteiger charge is 2.21. The van der Waals surface area contributed by atoms with Crippen molar-refractivity contribution in [1.29, 1.82) is 0 Å². The highest BCUT2D eigenvalue weighted by atomic mass is 32.1.